The van der Waals surface area contributed by atoms with Crippen LogP contribution in [0.25, 0.3) is 0 Å². The molecule has 1 saturated carbocycles. The second-order valence-electron chi connectivity index (χ2n) is 5.86. The molecule has 5 nitrogen and oxygen atoms in total. The average Bonchev–Trinajstić information content (AvgIpc) is 3.21. The monoisotopic (exact) mass is 289 g/mol. The standard InChI is InChI=1S/C16H19NO4/c18-8-7-12(16(20)21)17-15(19)14-11-6-5-9-3-1-2-4-10(9)13(11)14/h1-4,11-14,18H,5-8H2,(H,17,19)(H,20,21). The summed E-state index contributed by atoms with van der Waals surface area (Å²) in [4.78, 5) is 23.4. The fourth-order valence-corrected chi connectivity index (χ4v) is 3.58. The number of carbonyl (C=O) groups is 2. The van der Waals surface area contributed by atoms with E-state index in [-0.39, 0.29) is 30.8 Å². The Morgan fingerprint density at radius 3 is 2.81 bits per heavy atom. The summed E-state index contributed by atoms with van der Waals surface area (Å²) in [5, 5.41) is 20.5. The van der Waals surface area contributed by atoms with E-state index in [2.05, 4.69) is 17.4 Å². The minimum Gasteiger partial charge on any atom is -0.480 e. The SMILES string of the molecule is O=C(O)C(CCO)NC(=O)C1C2CCc3ccccc3C21. The molecule has 2 aliphatic rings. The minimum absolute atomic E-state index is 0.0414. The molecule has 0 heterocycles. The highest BCUT2D eigenvalue weighted by atomic mass is 16.4. The molecule has 5 heteroatoms. The number of carbonyl (C=O) groups excluding carboxylic acids is 1. The van der Waals surface area contributed by atoms with E-state index >= 15 is 0 Å². The first-order chi connectivity index (χ1) is 10.1. The molecule has 0 aromatic heterocycles. The number of carboxylic acid groups (broad SMARTS) is 1. The topological polar surface area (TPSA) is 86.6 Å². The fourth-order valence-electron chi connectivity index (χ4n) is 3.58. The van der Waals surface area contributed by atoms with E-state index in [9.17, 15) is 9.59 Å². The van der Waals surface area contributed by atoms with Crippen LogP contribution in [0.15, 0.2) is 24.3 Å². The zero-order valence-electron chi connectivity index (χ0n) is 11.7. The third-order valence-corrected chi connectivity index (χ3v) is 4.66. The number of amides is 1. The van der Waals surface area contributed by atoms with Gasteiger partial charge in [-0.05, 0) is 35.8 Å². The van der Waals surface area contributed by atoms with Crippen LogP contribution in [0.5, 0.6) is 0 Å². The van der Waals surface area contributed by atoms with Crippen molar-refractivity contribution in [1.82, 2.24) is 5.32 Å². The first-order valence-corrected chi connectivity index (χ1v) is 7.35. The van der Waals surface area contributed by atoms with Crippen LogP contribution in [0.1, 0.15) is 29.9 Å². The highest BCUT2D eigenvalue weighted by Crippen LogP contribution is 2.59. The van der Waals surface area contributed by atoms with Crippen molar-refractivity contribution < 1.29 is 19.8 Å². The smallest absolute Gasteiger partial charge is 0.326 e. The van der Waals surface area contributed by atoms with Crippen LogP contribution in [-0.4, -0.2) is 34.7 Å². The summed E-state index contributed by atoms with van der Waals surface area (Å²) in [6, 6.07) is 7.17. The molecule has 4 unspecified atom stereocenters. The van der Waals surface area contributed by atoms with Gasteiger partial charge in [-0.1, -0.05) is 24.3 Å². The van der Waals surface area contributed by atoms with Crippen molar-refractivity contribution in [1.29, 1.82) is 0 Å². The van der Waals surface area contributed by atoms with Gasteiger partial charge >= 0.3 is 5.97 Å². The number of aliphatic hydroxyl groups is 1. The number of aliphatic hydroxyl groups excluding tert-OH is 1. The Morgan fingerprint density at radius 1 is 1.33 bits per heavy atom. The third kappa shape index (κ3) is 2.53. The van der Waals surface area contributed by atoms with Crippen molar-refractivity contribution in [2.24, 2.45) is 11.8 Å². The molecule has 21 heavy (non-hydrogen) atoms. The average molecular weight is 289 g/mol. The molecule has 0 aliphatic heterocycles. The van der Waals surface area contributed by atoms with Crippen molar-refractivity contribution in [2.75, 3.05) is 6.61 Å². The molecule has 4 atom stereocenters. The molecular weight excluding hydrogens is 270 g/mol. The van der Waals surface area contributed by atoms with Crippen molar-refractivity contribution in [3.8, 4) is 0 Å². The molecule has 2 aliphatic carbocycles. The predicted molar refractivity (Wildman–Crippen MR) is 75.8 cm³/mol. The summed E-state index contributed by atoms with van der Waals surface area (Å²) in [5.74, 6) is -0.833. The maximum Gasteiger partial charge on any atom is 0.326 e. The highest BCUT2D eigenvalue weighted by Gasteiger charge is 2.57. The van der Waals surface area contributed by atoms with Crippen LogP contribution < -0.4 is 5.32 Å². The van der Waals surface area contributed by atoms with E-state index in [1.807, 2.05) is 12.1 Å². The molecule has 1 aromatic carbocycles. The van der Waals surface area contributed by atoms with Crippen LogP contribution in [0.3, 0.4) is 0 Å². The molecule has 1 amide bonds. The number of benzene rings is 1. The summed E-state index contributed by atoms with van der Waals surface area (Å²) in [6.07, 6.45) is 2.01. The van der Waals surface area contributed by atoms with Gasteiger partial charge in [-0.15, -0.1) is 0 Å². The lowest BCUT2D eigenvalue weighted by Gasteiger charge is -2.13. The predicted octanol–water partition coefficient (Wildman–Crippen LogP) is 0.914. The van der Waals surface area contributed by atoms with Crippen molar-refractivity contribution in [3.05, 3.63) is 35.4 Å². The van der Waals surface area contributed by atoms with Gasteiger partial charge in [0.2, 0.25) is 5.91 Å². The van der Waals surface area contributed by atoms with Gasteiger partial charge in [0.1, 0.15) is 6.04 Å². The quantitative estimate of drug-likeness (QED) is 0.752. The van der Waals surface area contributed by atoms with Crippen molar-refractivity contribution in [3.63, 3.8) is 0 Å². The van der Waals surface area contributed by atoms with Crippen LogP contribution in [0.4, 0.5) is 0 Å². The Labute approximate surface area is 123 Å². The van der Waals surface area contributed by atoms with Crippen LogP contribution in [0.2, 0.25) is 0 Å². The molecule has 0 saturated heterocycles. The van der Waals surface area contributed by atoms with Crippen LogP contribution in [0, 0.1) is 11.8 Å². The van der Waals surface area contributed by atoms with E-state index in [4.69, 9.17) is 10.2 Å². The molecule has 1 aromatic rings. The summed E-state index contributed by atoms with van der Waals surface area (Å²) in [7, 11) is 0. The Morgan fingerprint density at radius 2 is 2.10 bits per heavy atom. The van der Waals surface area contributed by atoms with Gasteiger partial charge in [-0.25, -0.2) is 4.79 Å². The van der Waals surface area contributed by atoms with Gasteiger partial charge in [0, 0.05) is 18.9 Å². The van der Waals surface area contributed by atoms with Gasteiger partial charge < -0.3 is 15.5 Å². The molecule has 3 N–H and O–H groups in total. The van der Waals surface area contributed by atoms with E-state index in [0.29, 0.717) is 5.92 Å². The first kappa shape index (κ1) is 14.1. The van der Waals surface area contributed by atoms with E-state index in [1.54, 1.807) is 0 Å². The molecular formula is C16H19NO4. The summed E-state index contributed by atoms with van der Waals surface area (Å²) >= 11 is 0. The van der Waals surface area contributed by atoms with Gasteiger partial charge in [0.05, 0.1) is 0 Å². The van der Waals surface area contributed by atoms with E-state index < -0.39 is 12.0 Å². The molecule has 0 spiro atoms. The maximum atomic E-state index is 12.3. The molecule has 1 fully saturated rings. The lowest BCUT2D eigenvalue weighted by Crippen LogP contribution is -2.42. The van der Waals surface area contributed by atoms with Gasteiger partial charge in [-0.3, -0.25) is 4.79 Å². The van der Waals surface area contributed by atoms with Crippen molar-refractivity contribution >= 4 is 11.9 Å². The Balaban J connectivity index is 1.70. The van der Waals surface area contributed by atoms with Crippen molar-refractivity contribution in [2.45, 2.75) is 31.2 Å². The van der Waals surface area contributed by atoms with E-state index in [0.717, 1.165) is 12.8 Å². The van der Waals surface area contributed by atoms with Gasteiger partial charge in [-0.2, -0.15) is 0 Å². The number of aliphatic carboxylic acids is 1. The molecule has 0 bridgehead atoms. The summed E-state index contributed by atoms with van der Waals surface area (Å²) in [5.41, 5.74) is 2.54. The third-order valence-electron chi connectivity index (χ3n) is 4.66. The van der Waals surface area contributed by atoms with Crippen LogP contribution >= 0.6 is 0 Å². The molecule has 112 valence electrons. The Bertz CT molecular complexity index is 571. The van der Waals surface area contributed by atoms with Gasteiger partial charge in [0.25, 0.3) is 0 Å². The lowest BCUT2D eigenvalue weighted by atomic mass is 9.92. The molecule has 3 rings (SSSR count). The summed E-state index contributed by atoms with van der Waals surface area (Å²) in [6.45, 7) is -0.252. The Kier molecular flexibility index (Phi) is 3.68. The number of aryl methyl sites for hydroxylation is 1. The number of hydrogen-bond donors (Lipinski definition) is 3. The largest absolute Gasteiger partial charge is 0.480 e. The van der Waals surface area contributed by atoms with Gasteiger partial charge in [0.15, 0.2) is 0 Å². The van der Waals surface area contributed by atoms with E-state index in [1.165, 1.54) is 11.1 Å². The number of hydrogen-bond acceptors (Lipinski definition) is 3. The molecule has 0 radical (unpaired) electrons. The number of fused-ring (bicyclic) bond motifs is 3. The zero-order chi connectivity index (χ0) is 15.0. The Hall–Kier alpha value is -1.88. The fraction of sp³-hybridized carbons (Fsp3) is 0.500. The lowest BCUT2D eigenvalue weighted by molar-refractivity contribution is -0.142. The maximum absolute atomic E-state index is 12.3. The number of nitrogens with one attached hydrogen (secondary N) is 1. The normalized spacial score (nSPS) is 27.2. The first-order valence-electron chi connectivity index (χ1n) is 7.35. The number of rotatable bonds is 5. The zero-order valence-corrected chi connectivity index (χ0v) is 11.7. The number of carboxylic acids is 1. The second kappa shape index (κ2) is 5.48. The second-order valence-corrected chi connectivity index (χ2v) is 5.86. The minimum atomic E-state index is -1.10. The highest BCUT2D eigenvalue weighted by molar-refractivity contribution is 5.88. The van der Waals surface area contributed by atoms with Crippen LogP contribution in [-0.2, 0) is 16.0 Å². The summed E-state index contributed by atoms with van der Waals surface area (Å²) < 4.78 is 0.